The fourth-order valence-corrected chi connectivity index (χ4v) is 3.48. The maximum absolute atomic E-state index is 13.3. The molecule has 1 aliphatic heterocycles. The minimum absolute atomic E-state index is 0.272. The van der Waals surface area contributed by atoms with Gasteiger partial charge in [-0.2, -0.15) is 0 Å². The van der Waals surface area contributed by atoms with Gasteiger partial charge in [-0.15, -0.1) is 0 Å². The lowest BCUT2D eigenvalue weighted by molar-refractivity contribution is -0.113. The number of carbonyl (C=O) groups is 2. The molecule has 1 heterocycles. The van der Waals surface area contributed by atoms with Gasteiger partial charge in [0.25, 0.3) is 11.1 Å². The summed E-state index contributed by atoms with van der Waals surface area (Å²) in [6.07, 6.45) is 1.56. The summed E-state index contributed by atoms with van der Waals surface area (Å²) < 4.78 is 13.5. The van der Waals surface area contributed by atoms with Crippen molar-refractivity contribution in [3.05, 3.63) is 68.2 Å². The molecule has 3 rings (SSSR count). The lowest BCUT2D eigenvalue weighted by atomic mass is 10.2. The number of benzene rings is 2. The summed E-state index contributed by atoms with van der Waals surface area (Å²) >= 11 is 9.83. The lowest BCUT2D eigenvalue weighted by Crippen LogP contribution is -2.27. The molecular formula is C16H8BrClFNO2S. The van der Waals surface area contributed by atoms with E-state index in [2.05, 4.69) is 15.9 Å². The number of imide groups is 1. The van der Waals surface area contributed by atoms with Crippen molar-refractivity contribution >= 4 is 62.2 Å². The second kappa shape index (κ2) is 6.47. The number of rotatable bonds is 2. The van der Waals surface area contributed by atoms with Gasteiger partial charge in [-0.05, 0) is 69.7 Å². The monoisotopic (exact) mass is 411 g/mol. The zero-order valence-electron chi connectivity index (χ0n) is 11.4. The van der Waals surface area contributed by atoms with E-state index in [1.165, 1.54) is 12.1 Å². The topological polar surface area (TPSA) is 37.4 Å². The third-order valence-corrected chi connectivity index (χ3v) is 4.81. The Balaban J connectivity index is 1.94. The number of nitrogens with zero attached hydrogens (tertiary/aromatic N) is 1. The van der Waals surface area contributed by atoms with Crippen LogP contribution in [0.4, 0.5) is 14.9 Å². The number of hydrogen-bond acceptors (Lipinski definition) is 3. The van der Waals surface area contributed by atoms with Gasteiger partial charge in [-0.1, -0.05) is 23.7 Å². The Morgan fingerprint density at radius 3 is 2.65 bits per heavy atom. The number of hydrogen-bond donors (Lipinski definition) is 0. The molecule has 0 atom stereocenters. The van der Waals surface area contributed by atoms with Crippen molar-refractivity contribution in [1.29, 1.82) is 0 Å². The molecule has 1 saturated heterocycles. The average Bonchev–Trinajstić information content (AvgIpc) is 2.77. The summed E-state index contributed by atoms with van der Waals surface area (Å²) in [6, 6.07) is 10.9. The van der Waals surface area contributed by atoms with E-state index in [-0.39, 0.29) is 4.91 Å². The van der Waals surface area contributed by atoms with Crippen LogP contribution in [-0.2, 0) is 4.79 Å². The molecule has 3 nitrogen and oxygen atoms in total. The summed E-state index contributed by atoms with van der Waals surface area (Å²) in [4.78, 5) is 25.9. The van der Waals surface area contributed by atoms with E-state index < -0.39 is 17.0 Å². The highest BCUT2D eigenvalue weighted by atomic mass is 79.9. The normalized spacial score (nSPS) is 16.5. The highest BCUT2D eigenvalue weighted by molar-refractivity contribution is 9.10. The SMILES string of the molecule is O=C1SC(=Cc2ccc(F)c(Br)c2)C(=O)N1c1cccc(Cl)c1. The van der Waals surface area contributed by atoms with Crippen molar-refractivity contribution in [2.45, 2.75) is 0 Å². The highest BCUT2D eigenvalue weighted by Crippen LogP contribution is 2.36. The van der Waals surface area contributed by atoms with Crippen LogP contribution in [0.1, 0.15) is 5.56 Å². The fourth-order valence-electron chi connectivity index (χ4n) is 2.06. The number of halogens is 3. The van der Waals surface area contributed by atoms with Crippen LogP contribution in [0.25, 0.3) is 6.08 Å². The average molecular weight is 413 g/mol. The van der Waals surface area contributed by atoms with Gasteiger partial charge >= 0.3 is 0 Å². The standard InChI is InChI=1S/C16H8BrClFNO2S/c17-12-6-9(4-5-13(12)19)7-14-15(21)20(16(22)23-14)11-3-1-2-10(18)8-11/h1-8H. The number of anilines is 1. The van der Waals surface area contributed by atoms with Gasteiger partial charge in [-0.25, -0.2) is 9.29 Å². The molecule has 2 amide bonds. The van der Waals surface area contributed by atoms with Gasteiger partial charge in [0.05, 0.1) is 15.1 Å². The Bertz CT molecular complexity index is 856. The van der Waals surface area contributed by atoms with Crippen molar-refractivity contribution in [2.75, 3.05) is 4.90 Å². The predicted molar refractivity (Wildman–Crippen MR) is 94.0 cm³/mol. The van der Waals surface area contributed by atoms with Crippen molar-refractivity contribution < 1.29 is 14.0 Å². The van der Waals surface area contributed by atoms with E-state index in [4.69, 9.17) is 11.6 Å². The molecule has 0 aliphatic carbocycles. The molecular weight excluding hydrogens is 405 g/mol. The van der Waals surface area contributed by atoms with Crippen molar-refractivity contribution in [3.63, 3.8) is 0 Å². The molecule has 2 aromatic rings. The van der Waals surface area contributed by atoms with E-state index in [9.17, 15) is 14.0 Å². The zero-order valence-corrected chi connectivity index (χ0v) is 14.6. The summed E-state index contributed by atoms with van der Waals surface area (Å²) in [7, 11) is 0. The van der Waals surface area contributed by atoms with Gasteiger partial charge in [0.2, 0.25) is 0 Å². The third kappa shape index (κ3) is 3.34. The van der Waals surface area contributed by atoms with Crippen LogP contribution in [0.5, 0.6) is 0 Å². The molecule has 1 aliphatic rings. The zero-order chi connectivity index (χ0) is 16.6. The molecule has 0 unspecified atom stereocenters. The van der Waals surface area contributed by atoms with Crippen LogP contribution in [0.2, 0.25) is 5.02 Å². The summed E-state index contributed by atoms with van der Waals surface area (Å²) in [5.41, 5.74) is 1.04. The molecule has 23 heavy (non-hydrogen) atoms. The number of carbonyl (C=O) groups excluding carboxylic acids is 2. The molecule has 116 valence electrons. The van der Waals surface area contributed by atoms with Crippen molar-refractivity contribution in [1.82, 2.24) is 0 Å². The van der Waals surface area contributed by atoms with Gasteiger partial charge in [0.15, 0.2) is 0 Å². The molecule has 0 bridgehead atoms. The smallest absolute Gasteiger partial charge is 0.268 e. The summed E-state index contributed by atoms with van der Waals surface area (Å²) in [5.74, 6) is -0.822. The molecule has 0 aromatic heterocycles. The Kier molecular flexibility index (Phi) is 4.57. The Hall–Kier alpha value is -1.63. The molecule has 0 radical (unpaired) electrons. The first-order valence-electron chi connectivity index (χ1n) is 6.44. The van der Waals surface area contributed by atoms with Crippen molar-refractivity contribution in [3.8, 4) is 0 Å². The minimum Gasteiger partial charge on any atom is -0.268 e. The van der Waals surface area contributed by atoms with Gasteiger partial charge in [-0.3, -0.25) is 9.59 Å². The van der Waals surface area contributed by atoms with Gasteiger partial charge in [0, 0.05) is 5.02 Å². The highest BCUT2D eigenvalue weighted by Gasteiger charge is 2.36. The first-order chi connectivity index (χ1) is 11.0. The van der Waals surface area contributed by atoms with Gasteiger partial charge < -0.3 is 0 Å². The molecule has 0 N–H and O–H groups in total. The Labute approximate surface area is 149 Å². The van der Waals surface area contributed by atoms with E-state index in [0.29, 0.717) is 20.7 Å². The Morgan fingerprint density at radius 2 is 1.96 bits per heavy atom. The molecule has 0 spiro atoms. The van der Waals surface area contributed by atoms with Crippen molar-refractivity contribution in [2.24, 2.45) is 0 Å². The van der Waals surface area contributed by atoms with Gasteiger partial charge in [0.1, 0.15) is 5.82 Å². The van der Waals surface area contributed by atoms with E-state index in [1.54, 1.807) is 36.4 Å². The summed E-state index contributed by atoms with van der Waals surface area (Å²) in [5, 5.41) is 0.0395. The maximum Gasteiger partial charge on any atom is 0.298 e. The lowest BCUT2D eigenvalue weighted by Gasteiger charge is -2.12. The van der Waals surface area contributed by atoms with E-state index in [0.717, 1.165) is 16.7 Å². The minimum atomic E-state index is -0.428. The molecule has 7 heteroatoms. The molecule has 2 aromatic carbocycles. The van der Waals surface area contributed by atoms with Crippen LogP contribution in [0, 0.1) is 5.82 Å². The first kappa shape index (κ1) is 16.2. The summed E-state index contributed by atoms with van der Waals surface area (Å²) in [6.45, 7) is 0. The number of amides is 2. The second-order valence-electron chi connectivity index (χ2n) is 4.67. The third-order valence-electron chi connectivity index (χ3n) is 3.10. The predicted octanol–water partition coefficient (Wildman–Crippen LogP) is 5.48. The number of thioether (sulfide) groups is 1. The van der Waals surface area contributed by atoms with Crippen LogP contribution >= 0.6 is 39.3 Å². The quantitative estimate of drug-likeness (QED) is 0.613. The molecule has 0 saturated carbocycles. The van der Waals surface area contributed by atoms with Crippen LogP contribution in [0.15, 0.2) is 51.8 Å². The van der Waals surface area contributed by atoms with Crippen LogP contribution in [0.3, 0.4) is 0 Å². The largest absolute Gasteiger partial charge is 0.298 e. The Morgan fingerprint density at radius 1 is 1.17 bits per heavy atom. The van der Waals surface area contributed by atoms with E-state index >= 15 is 0 Å². The van der Waals surface area contributed by atoms with Crippen LogP contribution in [-0.4, -0.2) is 11.1 Å². The maximum atomic E-state index is 13.3. The second-order valence-corrected chi connectivity index (χ2v) is 6.95. The van der Waals surface area contributed by atoms with Crippen LogP contribution < -0.4 is 4.90 Å². The van der Waals surface area contributed by atoms with E-state index in [1.807, 2.05) is 0 Å². The molecule has 1 fully saturated rings. The fraction of sp³-hybridized carbons (Fsp3) is 0. The first-order valence-corrected chi connectivity index (χ1v) is 8.43.